The minimum atomic E-state index is -4.07. The van der Waals surface area contributed by atoms with Crippen molar-refractivity contribution in [3.05, 3.63) is 95.6 Å². The Hall–Kier alpha value is -3.65. The molecule has 2 amide bonds. The summed E-state index contributed by atoms with van der Waals surface area (Å²) in [6.07, 6.45) is 4.02. The maximum atomic E-state index is 14.1. The highest BCUT2D eigenvalue weighted by Crippen LogP contribution is 2.27. The van der Waals surface area contributed by atoms with Crippen molar-refractivity contribution in [1.29, 1.82) is 0 Å². The quantitative estimate of drug-likeness (QED) is 0.388. The minimum Gasteiger partial charge on any atom is -0.352 e. The summed E-state index contributed by atoms with van der Waals surface area (Å²) >= 11 is 0. The lowest BCUT2D eigenvalue weighted by Crippen LogP contribution is -2.52. The highest BCUT2D eigenvalue weighted by atomic mass is 32.2. The van der Waals surface area contributed by atoms with Crippen molar-refractivity contribution < 1.29 is 18.0 Å². The van der Waals surface area contributed by atoms with Gasteiger partial charge in [-0.1, -0.05) is 73.5 Å². The van der Waals surface area contributed by atoms with Gasteiger partial charge in [0.05, 0.1) is 10.6 Å². The molecule has 1 saturated carbocycles. The average Bonchev–Trinajstić information content (AvgIpc) is 3.45. The van der Waals surface area contributed by atoms with Crippen LogP contribution in [0.2, 0.25) is 0 Å². The molecule has 3 aromatic carbocycles. The summed E-state index contributed by atoms with van der Waals surface area (Å²) in [5, 5.41) is 3.10. The molecule has 0 aromatic heterocycles. The Bertz CT molecular complexity index is 1400. The summed E-state index contributed by atoms with van der Waals surface area (Å²) < 4.78 is 28.9. The number of benzene rings is 3. The first-order valence-electron chi connectivity index (χ1n) is 13.5. The Morgan fingerprint density at radius 3 is 2.10 bits per heavy atom. The number of para-hydroxylation sites is 1. The minimum absolute atomic E-state index is 0.0959. The molecule has 3 aromatic rings. The second-order valence-electron chi connectivity index (χ2n) is 10.2. The van der Waals surface area contributed by atoms with Gasteiger partial charge in [-0.05, 0) is 68.5 Å². The molecule has 1 aliphatic carbocycles. The standard InChI is InChI=1S/C31H37N3O4S/c1-23-13-7-9-15-26(23)21-33(25(3)31(36)32-27-16-10-11-17-27)30(35)22-34(29-20-12-8-14-24(29)2)39(37,38)28-18-5-4-6-19-28/h4-9,12-15,18-20,25,27H,10-11,16-17,21-22H2,1-3H3,(H,32,36)/t25-/m1/s1. The molecule has 0 unspecified atom stereocenters. The second kappa shape index (κ2) is 12.5. The topological polar surface area (TPSA) is 86.8 Å². The molecule has 1 fully saturated rings. The first-order valence-corrected chi connectivity index (χ1v) is 14.9. The van der Waals surface area contributed by atoms with E-state index in [1.165, 1.54) is 17.0 Å². The first kappa shape index (κ1) is 28.4. The Morgan fingerprint density at radius 2 is 1.46 bits per heavy atom. The number of aryl methyl sites for hydroxylation is 2. The van der Waals surface area contributed by atoms with Crippen molar-refractivity contribution in [2.24, 2.45) is 0 Å². The van der Waals surface area contributed by atoms with Gasteiger partial charge in [-0.25, -0.2) is 8.42 Å². The van der Waals surface area contributed by atoms with E-state index < -0.39 is 28.5 Å². The fourth-order valence-corrected chi connectivity index (χ4v) is 6.52. The summed E-state index contributed by atoms with van der Waals surface area (Å²) in [6, 6.07) is 22.2. The van der Waals surface area contributed by atoms with Crippen LogP contribution in [-0.4, -0.2) is 43.8 Å². The van der Waals surface area contributed by atoms with Crippen LogP contribution in [0.25, 0.3) is 0 Å². The number of rotatable bonds is 10. The van der Waals surface area contributed by atoms with Gasteiger partial charge in [-0.3, -0.25) is 13.9 Å². The molecule has 39 heavy (non-hydrogen) atoms. The van der Waals surface area contributed by atoms with Gasteiger partial charge in [-0.15, -0.1) is 0 Å². The fourth-order valence-electron chi connectivity index (χ4n) is 5.02. The van der Waals surface area contributed by atoms with E-state index in [0.717, 1.165) is 46.7 Å². The van der Waals surface area contributed by atoms with E-state index in [0.29, 0.717) is 5.69 Å². The van der Waals surface area contributed by atoms with Crippen LogP contribution in [-0.2, 0) is 26.2 Å². The van der Waals surface area contributed by atoms with E-state index in [1.54, 1.807) is 37.3 Å². The smallest absolute Gasteiger partial charge is 0.264 e. The predicted octanol–water partition coefficient (Wildman–Crippen LogP) is 4.97. The monoisotopic (exact) mass is 547 g/mol. The molecule has 1 aliphatic rings. The van der Waals surface area contributed by atoms with Crippen LogP contribution in [0.4, 0.5) is 5.69 Å². The summed E-state index contributed by atoms with van der Waals surface area (Å²) in [7, 11) is -4.07. The summed E-state index contributed by atoms with van der Waals surface area (Å²) in [5.74, 6) is -0.674. The van der Waals surface area contributed by atoms with Crippen LogP contribution in [0.5, 0.6) is 0 Å². The van der Waals surface area contributed by atoms with Gasteiger partial charge < -0.3 is 10.2 Å². The van der Waals surface area contributed by atoms with Gasteiger partial charge in [0.25, 0.3) is 10.0 Å². The molecule has 0 saturated heterocycles. The van der Waals surface area contributed by atoms with Crippen LogP contribution in [0.15, 0.2) is 83.8 Å². The van der Waals surface area contributed by atoms with Crippen LogP contribution in [0, 0.1) is 13.8 Å². The van der Waals surface area contributed by atoms with E-state index in [2.05, 4.69) is 5.32 Å². The Balaban J connectivity index is 1.69. The number of sulfonamides is 1. The summed E-state index contributed by atoms with van der Waals surface area (Å²) in [5.41, 5.74) is 3.04. The molecule has 206 valence electrons. The van der Waals surface area contributed by atoms with E-state index in [-0.39, 0.29) is 23.4 Å². The Labute approximate surface area is 231 Å². The number of nitrogens with zero attached hydrogens (tertiary/aromatic N) is 2. The molecular weight excluding hydrogens is 510 g/mol. The van der Waals surface area contributed by atoms with Crippen molar-refractivity contribution in [3.63, 3.8) is 0 Å². The molecule has 0 heterocycles. The highest BCUT2D eigenvalue weighted by molar-refractivity contribution is 7.92. The van der Waals surface area contributed by atoms with E-state index in [4.69, 9.17) is 0 Å². The van der Waals surface area contributed by atoms with Gasteiger partial charge in [0.2, 0.25) is 11.8 Å². The lowest BCUT2D eigenvalue weighted by molar-refractivity contribution is -0.139. The van der Waals surface area contributed by atoms with Gasteiger partial charge in [0.1, 0.15) is 12.6 Å². The Morgan fingerprint density at radius 1 is 0.872 bits per heavy atom. The maximum Gasteiger partial charge on any atom is 0.264 e. The molecule has 8 heteroatoms. The van der Waals surface area contributed by atoms with Crippen LogP contribution in [0.1, 0.15) is 49.3 Å². The zero-order chi connectivity index (χ0) is 28.0. The van der Waals surface area contributed by atoms with Crippen molar-refractivity contribution >= 4 is 27.5 Å². The number of carbonyl (C=O) groups excluding carboxylic acids is 2. The third-order valence-corrected chi connectivity index (χ3v) is 9.24. The average molecular weight is 548 g/mol. The third kappa shape index (κ3) is 6.68. The van der Waals surface area contributed by atoms with E-state index >= 15 is 0 Å². The SMILES string of the molecule is Cc1ccccc1CN(C(=O)CN(c1ccccc1C)S(=O)(=O)c1ccccc1)[C@H](C)C(=O)NC1CCCC1. The Kier molecular flexibility index (Phi) is 9.07. The molecule has 7 nitrogen and oxygen atoms in total. The summed E-state index contributed by atoms with van der Waals surface area (Å²) in [4.78, 5) is 29.0. The van der Waals surface area contributed by atoms with Crippen molar-refractivity contribution in [1.82, 2.24) is 10.2 Å². The van der Waals surface area contributed by atoms with Crippen LogP contribution < -0.4 is 9.62 Å². The number of hydrogen-bond donors (Lipinski definition) is 1. The van der Waals surface area contributed by atoms with E-state index in [1.807, 2.05) is 50.2 Å². The molecule has 1 N–H and O–H groups in total. The third-order valence-electron chi connectivity index (χ3n) is 7.47. The van der Waals surface area contributed by atoms with Crippen molar-refractivity contribution in [2.45, 2.75) is 70.0 Å². The lowest BCUT2D eigenvalue weighted by Gasteiger charge is -2.33. The molecule has 0 aliphatic heterocycles. The first-order chi connectivity index (χ1) is 18.7. The number of hydrogen-bond acceptors (Lipinski definition) is 4. The predicted molar refractivity (Wildman–Crippen MR) is 154 cm³/mol. The molecule has 0 bridgehead atoms. The van der Waals surface area contributed by atoms with Gasteiger partial charge >= 0.3 is 0 Å². The maximum absolute atomic E-state index is 14.1. The number of anilines is 1. The number of amides is 2. The van der Waals surface area contributed by atoms with Gasteiger partial charge in [0, 0.05) is 12.6 Å². The highest BCUT2D eigenvalue weighted by Gasteiger charge is 2.33. The van der Waals surface area contributed by atoms with Gasteiger partial charge in [0.15, 0.2) is 0 Å². The molecule has 1 atom stereocenters. The number of nitrogens with one attached hydrogen (secondary N) is 1. The summed E-state index contributed by atoms with van der Waals surface area (Å²) in [6.45, 7) is 5.24. The molecule has 0 radical (unpaired) electrons. The van der Waals surface area contributed by atoms with Crippen molar-refractivity contribution in [2.75, 3.05) is 10.8 Å². The largest absolute Gasteiger partial charge is 0.352 e. The zero-order valence-electron chi connectivity index (χ0n) is 22.8. The number of carbonyl (C=O) groups is 2. The normalized spacial score (nSPS) is 14.5. The second-order valence-corrected chi connectivity index (χ2v) is 12.1. The zero-order valence-corrected chi connectivity index (χ0v) is 23.7. The fraction of sp³-hybridized carbons (Fsp3) is 0.355. The molecule has 4 rings (SSSR count). The van der Waals surface area contributed by atoms with Crippen molar-refractivity contribution in [3.8, 4) is 0 Å². The van der Waals surface area contributed by atoms with E-state index in [9.17, 15) is 18.0 Å². The van der Waals surface area contributed by atoms with Crippen LogP contribution in [0.3, 0.4) is 0 Å². The lowest BCUT2D eigenvalue weighted by atomic mass is 10.1. The molecular formula is C31H37N3O4S. The van der Waals surface area contributed by atoms with Crippen LogP contribution >= 0.6 is 0 Å². The molecule has 0 spiro atoms. The van der Waals surface area contributed by atoms with Gasteiger partial charge in [-0.2, -0.15) is 0 Å².